The van der Waals surface area contributed by atoms with Crippen LogP contribution in [-0.4, -0.2) is 30.4 Å². The molecule has 2 unspecified atom stereocenters. The van der Waals surface area contributed by atoms with Crippen molar-refractivity contribution in [1.82, 2.24) is 10.6 Å². The van der Waals surface area contributed by atoms with E-state index in [2.05, 4.69) is 10.6 Å². The summed E-state index contributed by atoms with van der Waals surface area (Å²) in [5.41, 5.74) is 5.42. The molecule has 0 bridgehead atoms. The van der Waals surface area contributed by atoms with Crippen molar-refractivity contribution < 1.29 is 9.59 Å². The van der Waals surface area contributed by atoms with Crippen LogP contribution in [0.5, 0.6) is 0 Å². The van der Waals surface area contributed by atoms with Crippen LogP contribution in [0.4, 0.5) is 0 Å². The molecule has 0 aliphatic heterocycles. The highest BCUT2D eigenvalue weighted by molar-refractivity contribution is 5.87. The Hall–Kier alpha value is -1.10. The van der Waals surface area contributed by atoms with Gasteiger partial charge in [0.25, 0.3) is 0 Å². The van der Waals surface area contributed by atoms with E-state index < -0.39 is 6.04 Å². The van der Waals surface area contributed by atoms with E-state index in [4.69, 9.17) is 5.73 Å². The maximum absolute atomic E-state index is 11.5. The van der Waals surface area contributed by atoms with Gasteiger partial charge >= 0.3 is 0 Å². The van der Waals surface area contributed by atoms with Crippen molar-refractivity contribution in [2.24, 2.45) is 11.7 Å². The first kappa shape index (κ1) is 14.9. The molecule has 5 nitrogen and oxygen atoms in total. The molecule has 0 radical (unpaired) electrons. The highest BCUT2D eigenvalue weighted by Gasteiger charge is 2.16. The van der Waals surface area contributed by atoms with E-state index in [-0.39, 0.29) is 23.8 Å². The zero-order valence-electron chi connectivity index (χ0n) is 10.5. The van der Waals surface area contributed by atoms with Crippen molar-refractivity contribution in [1.29, 1.82) is 0 Å². The van der Waals surface area contributed by atoms with Crippen molar-refractivity contribution in [2.75, 3.05) is 6.54 Å². The number of nitrogens with one attached hydrogen (secondary N) is 2. The van der Waals surface area contributed by atoms with Crippen LogP contribution in [0.1, 0.15) is 34.1 Å². The molecule has 0 aromatic rings. The summed E-state index contributed by atoms with van der Waals surface area (Å²) in [6.45, 7) is 7.80. The van der Waals surface area contributed by atoms with E-state index in [1.54, 1.807) is 6.92 Å². The van der Waals surface area contributed by atoms with Crippen molar-refractivity contribution in [3.63, 3.8) is 0 Å². The second kappa shape index (κ2) is 7.22. The lowest BCUT2D eigenvalue weighted by molar-refractivity contribution is -0.129. The van der Waals surface area contributed by atoms with Crippen LogP contribution in [0.2, 0.25) is 0 Å². The third-order valence-corrected chi connectivity index (χ3v) is 2.14. The maximum Gasteiger partial charge on any atom is 0.242 e. The monoisotopic (exact) mass is 229 g/mol. The van der Waals surface area contributed by atoms with Gasteiger partial charge in [-0.15, -0.1) is 0 Å². The van der Waals surface area contributed by atoms with Gasteiger partial charge < -0.3 is 16.4 Å². The van der Waals surface area contributed by atoms with Gasteiger partial charge in [0.15, 0.2) is 0 Å². The molecule has 0 rings (SSSR count). The molecule has 0 heterocycles. The van der Waals surface area contributed by atoms with Gasteiger partial charge in [0, 0.05) is 12.5 Å². The van der Waals surface area contributed by atoms with Crippen LogP contribution >= 0.6 is 0 Å². The van der Waals surface area contributed by atoms with Gasteiger partial charge in [0.1, 0.15) is 6.04 Å². The van der Waals surface area contributed by atoms with Crippen LogP contribution in [0.15, 0.2) is 0 Å². The first-order valence-electron chi connectivity index (χ1n) is 5.66. The molecule has 0 saturated carbocycles. The summed E-state index contributed by atoms with van der Waals surface area (Å²) in [5.74, 6) is -0.159. The highest BCUT2D eigenvalue weighted by Crippen LogP contribution is 1.98. The fourth-order valence-electron chi connectivity index (χ4n) is 1.18. The maximum atomic E-state index is 11.5. The molecule has 0 aromatic heterocycles. The average molecular weight is 229 g/mol. The first-order chi connectivity index (χ1) is 7.36. The van der Waals surface area contributed by atoms with Gasteiger partial charge in [0.05, 0.1) is 0 Å². The lowest BCUT2D eigenvalue weighted by Gasteiger charge is -2.17. The summed E-state index contributed by atoms with van der Waals surface area (Å²) in [5, 5.41) is 5.38. The minimum atomic E-state index is -0.500. The Morgan fingerprint density at radius 1 is 1.12 bits per heavy atom. The molecule has 0 aliphatic rings. The molecule has 0 fully saturated rings. The Morgan fingerprint density at radius 3 is 2.12 bits per heavy atom. The second-order valence-corrected chi connectivity index (χ2v) is 4.50. The molecular formula is C11H23N3O2. The van der Waals surface area contributed by atoms with E-state index in [0.717, 1.165) is 0 Å². The molecular weight excluding hydrogens is 206 g/mol. The van der Waals surface area contributed by atoms with Crippen molar-refractivity contribution >= 4 is 11.8 Å². The van der Waals surface area contributed by atoms with Crippen molar-refractivity contribution in [3.8, 4) is 0 Å². The number of amides is 2. The summed E-state index contributed by atoms with van der Waals surface area (Å²) < 4.78 is 0. The zero-order valence-corrected chi connectivity index (χ0v) is 10.5. The molecule has 0 spiro atoms. The third-order valence-electron chi connectivity index (χ3n) is 2.14. The van der Waals surface area contributed by atoms with Gasteiger partial charge in [-0.1, -0.05) is 6.92 Å². The fourth-order valence-corrected chi connectivity index (χ4v) is 1.18. The van der Waals surface area contributed by atoms with Gasteiger partial charge in [-0.3, -0.25) is 9.59 Å². The van der Waals surface area contributed by atoms with Gasteiger partial charge in [-0.25, -0.2) is 0 Å². The molecule has 0 aliphatic carbocycles. The molecule has 94 valence electrons. The molecule has 0 saturated heterocycles. The topological polar surface area (TPSA) is 84.2 Å². The fraction of sp³-hybridized carbons (Fsp3) is 0.818. The summed E-state index contributed by atoms with van der Waals surface area (Å²) >= 11 is 0. The lowest BCUT2D eigenvalue weighted by atomic mass is 10.1. The number of carbonyl (C=O) groups is 2. The molecule has 0 aromatic carbocycles. The average Bonchev–Trinajstić information content (AvgIpc) is 2.16. The molecule has 2 atom stereocenters. The first-order valence-corrected chi connectivity index (χ1v) is 5.66. The van der Waals surface area contributed by atoms with E-state index in [1.807, 2.05) is 20.8 Å². The van der Waals surface area contributed by atoms with Crippen molar-refractivity contribution in [3.05, 3.63) is 0 Å². The van der Waals surface area contributed by atoms with Crippen LogP contribution in [0.3, 0.4) is 0 Å². The number of nitrogens with two attached hydrogens (primary N) is 1. The Balaban J connectivity index is 3.99. The normalized spacial score (nSPS) is 14.4. The Morgan fingerprint density at radius 2 is 1.69 bits per heavy atom. The van der Waals surface area contributed by atoms with Crippen molar-refractivity contribution in [2.45, 2.75) is 46.2 Å². The SMILES string of the molecule is CC(CN)CC(=O)NC(C)C(=O)NC(C)C. The summed E-state index contributed by atoms with van der Waals surface area (Å²) in [7, 11) is 0. The van der Waals surface area contributed by atoms with E-state index >= 15 is 0 Å². The predicted molar refractivity (Wildman–Crippen MR) is 63.7 cm³/mol. The summed E-state index contributed by atoms with van der Waals surface area (Å²) in [6, 6.07) is -0.422. The summed E-state index contributed by atoms with van der Waals surface area (Å²) in [4.78, 5) is 23.0. The van der Waals surface area contributed by atoms with E-state index in [1.165, 1.54) is 0 Å². The van der Waals surface area contributed by atoms with E-state index in [9.17, 15) is 9.59 Å². The quantitative estimate of drug-likeness (QED) is 0.599. The third kappa shape index (κ3) is 6.40. The second-order valence-electron chi connectivity index (χ2n) is 4.50. The predicted octanol–water partition coefficient (Wildman–Crippen LogP) is 0.000600. The van der Waals surface area contributed by atoms with Gasteiger partial charge in [-0.05, 0) is 33.2 Å². The Labute approximate surface area is 97.2 Å². The molecule has 5 heteroatoms. The van der Waals surface area contributed by atoms with E-state index in [0.29, 0.717) is 13.0 Å². The number of hydrogen-bond acceptors (Lipinski definition) is 3. The van der Waals surface area contributed by atoms with Crippen LogP contribution in [0.25, 0.3) is 0 Å². The molecule has 2 amide bonds. The molecule has 16 heavy (non-hydrogen) atoms. The van der Waals surface area contributed by atoms with Crippen LogP contribution < -0.4 is 16.4 Å². The van der Waals surface area contributed by atoms with Crippen LogP contribution in [-0.2, 0) is 9.59 Å². The Bertz CT molecular complexity index is 241. The highest BCUT2D eigenvalue weighted by atomic mass is 16.2. The van der Waals surface area contributed by atoms with Gasteiger partial charge in [-0.2, -0.15) is 0 Å². The standard InChI is InChI=1S/C11H23N3O2/c1-7(2)13-11(16)9(4)14-10(15)5-8(3)6-12/h7-9H,5-6,12H2,1-4H3,(H,13,16)(H,14,15). The lowest BCUT2D eigenvalue weighted by Crippen LogP contribution is -2.47. The molecule has 4 N–H and O–H groups in total. The smallest absolute Gasteiger partial charge is 0.242 e. The largest absolute Gasteiger partial charge is 0.352 e. The zero-order chi connectivity index (χ0) is 12.7. The summed E-state index contributed by atoms with van der Waals surface area (Å²) in [6.07, 6.45) is 0.357. The Kier molecular flexibility index (Phi) is 6.72. The van der Waals surface area contributed by atoms with Gasteiger partial charge in [0.2, 0.25) is 11.8 Å². The number of rotatable bonds is 6. The minimum absolute atomic E-state index is 0.0785. The number of carbonyl (C=O) groups excluding carboxylic acids is 2. The van der Waals surface area contributed by atoms with Crippen LogP contribution in [0, 0.1) is 5.92 Å². The number of hydrogen-bond donors (Lipinski definition) is 3. The minimum Gasteiger partial charge on any atom is -0.352 e.